The number of amidine groups is 1. The lowest BCUT2D eigenvalue weighted by Gasteiger charge is -2.33. The fourth-order valence-corrected chi connectivity index (χ4v) is 3.76. The summed E-state index contributed by atoms with van der Waals surface area (Å²) in [6, 6.07) is 10.5. The van der Waals surface area contributed by atoms with Crippen LogP contribution >= 0.6 is 11.6 Å². The maximum absolute atomic E-state index is 12.6. The van der Waals surface area contributed by atoms with E-state index in [1.807, 2.05) is 19.1 Å². The van der Waals surface area contributed by atoms with E-state index in [1.54, 1.807) is 30.5 Å². The Balaban J connectivity index is 1.56. The van der Waals surface area contributed by atoms with Crippen molar-refractivity contribution in [1.29, 1.82) is 0 Å². The Labute approximate surface area is 176 Å². The number of halogens is 1. The van der Waals surface area contributed by atoms with Crippen LogP contribution < -0.4 is 15.8 Å². The van der Waals surface area contributed by atoms with E-state index in [0.29, 0.717) is 22.2 Å². The average Bonchev–Trinajstić information content (AvgIpc) is 3.12. The second-order valence-electron chi connectivity index (χ2n) is 7.05. The third-order valence-electron chi connectivity index (χ3n) is 5.04. The number of aryl methyl sites for hydroxylation is 1. The summed E-state index contributed by atoms with van der Waals surface area (Å²) in [4.78, 5) is 25.6. The van der Waals surface area contributed by atoms with Gasteiger partial charge in [0.25, 0.3) is 11.9 Å². The first kappa shape index (κ1) is 18.4. The van der Waals surface area contributed by atoms with E-state index in [9.17, 15) is 4.79 Å². The highest BCUT2D eigenvalue weighted by Crippen LogP contribution is 2.51. The zero-order chi connectivity index (χ0) is 20.9. The highest BCUT2D eigenvalue weighted by molar-refractivity contribution is 6.30. The number of fused-ring (bicyclic) bond motifs is 4. The molecule has 0 unspecified atom stereocenters. The van der Waals surface area contributed by atoms with Gasteiger partial charge in [-0.3, -0.25) is 9.78 Å². The monoisotopic (exact) mass is 421 g/mol. The predicted octanol–water partition coefficient (Wildman–Crippen LogP) is 3.38. The Kier molecular flexibility index (Phi) is 4.11. The fraction of sp³-hybridized carbons (Fsp3) is 0.143. The Bertz CT molecular complexity index is 1210. The Morgan fingerprint density at radius 1 is 1.13 bits per heavy atom. The SMILES string of the molecule is Cc1cc2c(cn1)Oc1ccc(NC(=O)c3ccc(Cl)cn3)cc1[C@@]21COC(N)=N1. The lowest BCUT2D eigenvalue weighted by Crippen LogP contribution is -2.31. The third-order valence-corrected chi connectivity index (χ3v) is 5.27. The van der Waals surface area contributed by atoms with E-state index in [2.05, 4.69) is 20.3 Å². The molecule has 1 atom stereocenters. The summed E-state index contributed by atoms with van der Waals surface area (Å²) in [5, 5.41) is 3.31. The molecule has 5 rings (SSSR count). The maximum atomic E-state index is 12.6. The molecule has 0 saturated heterocycles. The van der Waals surface area contributed by atoms with Crippen molar-refractivity contribution in [3.05, 3.63) is 76.3 Å². The lowest BCUT2D eigenvalue weighted by atomic mass is 9.81. The third kappa shape index (κ3) is 2.93. The minimum absolute atomic E-state index is 0.100. The first-order chi connectivity index (χ1) is 14.4. The molecular formula is C21H16ClN5O3. The van der Waals surface area contributed by atoms with Gasteiger partial charge < -0.3 is 20.5 Å². The van der Waals surface area contributed by atoms with Gasteiger partial charge in [-0.1, -0.05) is 11.6 Å². The van der Waals surface area contributed by atoms with Gasteiger partial charge in [0, 0.05) is 28.7 Å². The highest BCUT2D eigenvalue weighted by atomic mass is 35.5. The molecule has 3 N–H and O–H groups in total. The number of carbonyl (C=O) groups is 1. The van der Waals surface area contributed by atoms with Crippen LogP contribution in [0, 0.1) is 6.92 Å². The summed E-state index contributed by atoms with van der Waals surface area (Å²) < 4.78 is 11.6. The van der Waals surface area contributed by atoms with Crippen LogP contribution in [-0.2, 0) is 10.3 Å². The van der Waals surface area contributed by atoms with Gasteiger partial charge in [0.05, 0.1) is 11.2 Å². The van der Waals surface area contributed by atoms with Crippen molar-refractivity contribution in [2.75, 3.05) is 11.9 Å². The van der Waals surface area contributed by atoms with E-state index >= 15 is 0 Å². The Hall–Kier alpha value is -3.65. The van der Waals surface area contributed by atoms with Crippen LogP contribution in [0.25, 0.3) is 0 Å². The Morgan fingerprint density at radius 3 is 2.70 bits per heavy atom. The molecular weight excluding hydrogens is 406 g/mol. The van der Waals surface area contributed by atoms with E-state index in [-0.39, 0.29) is 24.2 Å². The van der Waals surface area contributed by atoms with Gasteiger partial charge in [0.1, 0.15) is 18.1 Å². The van der Waals surface area contributed by atoms with Gasteiger partial charge in [-0.15, -0.1) is 0 Å². The number of nitrogens with one attached hydrogen (secondary N) is 1. The van der Waals surface area contributed by atoms with Crippen LogP contribution in [-0.4, -0.2) is 28.5 Å². The molecule has 150 valence electrons. The van der Waals surface area contributed by atoms with Gasteiger partial charge >= 0.3 is 0 Å². The molecule has 9 heteroatoms. The van der Waals surface area contributed by atoms with Crippen LogP contribution in [0.3, 0.4) is 0 Å². The normalized spacial score (nSPS) is 18.7. The largest absolute Gasteiger partial charge is 0.462 e. The number of nitrogens with zero attached hydrogens (tertiary/aromatic N) is 3. The van der Waals surface area contributed by atoms with Crippen LogP contribution in [0.4, 0.5) is 5.69 Å². The van der Waals surface area contributed by atoms with Crippen molar-refractivity contribution in [2.24, 2.45) is 10.7 Å². The molecule has 0 fully saturated rings. The molecule has 30 heavy (non-hydrogen) atoms. The van der Waals surface area contributed by atoms with Gasteiger partial charge in [0.2, 0.25) is 0 Å². The molecule has 0 aliphatic carbocycles. The zero-order valence-corrected chi connectivity index (χ0v) is 16.6. The maximum Gasteiger partial charge on any atom is 0.283 e. The number of nitrogens with two attached hydrogens (primary N) is 1. The molecule has 0 radical (unpaired) electrons. The Morgan fingerprint density at radius 2 is 1.97 bits per heavy atom. The van der Waals surface area contributed by atoms with Gasteiger partial charge in [-0.25, -0.2) is 9.98 Å². The quantitative estimate of drug-likeness (QED) is 0.656. The van der Waals surface area contributed by atoms with E-state index in [4.69, 9.17) is 26.8 Å². The molecule has 4 heterocycles. The molecule has 3 aromatic rings. The number of hydrogen-bond donors (Lipinski definition) is 2. The minimum Gasteiger partial charge on any atom is -0.462 e. The zero-order valence-electron chi connectivity index (χ0n) is 15.8. The van der Waals surface area contributed by atoms with Crippen LogP contribution in [0.15, 0.2) is 53.8 Å². The van der Waals surface area contributed by atoms with Gasteiger partial charge in [0.15, 0.2) is 11.3 Å². The molecule has 0 bridgehead atoms. The molecule has 2 aromatic heterocycles. The summed E-state index contributed by atoms with van der Waals surface area (Å²) in [7, 11) is 0. The topological polar surface area (TPSA) is 112 Å². The standard InChI is InChI=1S/C21H16ClN5O3/c1-11-6-14-18(9-24-11)30-17-5-3-13(7-15(17)21(14)10-29-20(23)27-21)26-19(28)16-4-2-12(22)8-25-16/h2-9H,10H2,1H3,(H2,23,27)(H,26,28)/t21-/m1/s1. The molecule has 2 aliphatic rings. The number of benzene rings is 1. The van der Waals surface area contributed by atoms with E-state index < -0.39 is 5.54 Å². The molecule has 1 aromatic carbocycles. The van der Waals surface area contributed by atoms with Crippen molar-refractivity contribution in [2.45, 2.75) is 12.5 Å². The van der Waals surface area contributed by atoms with Gasteiger partial charge in [-0.2, -0.15) is 0 Å². The van der Waals surface area contributed by atoms with E-state index in [1.165, 1.54) is 6.20 Å². The first-order valence-electron chi connectivity index (χ1n) is 9.15. The molecule has 2 aliphatic heterocycles. The highest BCUT2D eigenvalue weighted by Gasteiger charge is 2.47. The number of aromatic nitrogens is 2. The summed E-state index contributed by atoms with van der Waals surface area (Å²) in [6.07, 6.45) is 3.09. The fourth-order valence-electron chi connectivity index (χ4n) is 3.65. The molecule has 0 saturated carbocycles. The number of anilines is 1. The second-order valence-corrected chi connectivity index (χ2v) is 7.49. The van der Waals surface area contributed by atoms with Crippen molar-refractivity contribution in [3.63, 3.8) is 0 Å². The van der Waals surface area contributed by atoms with Crippen molar-refractivity contribution < 1.29 is 14.3 Å². The average molecular weight is 422 g/mol. The van der Waals surface area contributed by atoms with Gasteiger partial charge in [-0.05, 0) is 43.3 Å². The molecule has 1 amide bonds. The number of ether oxygens (including phenoxy) is 2. The smallest absolute Gasteiger partial charge is 0.283 e. The van der Waals surface area contributed by atoms with Crippen molar-refractivity contribution in [3.8, 4) is 11.5 Å². The first-order valence-corrected chi connectivity index (χ1v) is 9.53. The van der Waals surface area contributed by atoms with Crippen LogP contribution in [0.5, 0.6) is 11.5 Å². The molecule has 8 nitrogen and oxygen atoms in total. The summed E-state index contributed by atoms with van der Waals surface area (Å²) in [5.74, 6) is 0.832. The van der Waals surface area contributed by atoms with Crippen molar-refractivity contribution >= 4 is 29.2 Å². The van der Waals surface area contributed by atoms with Crippen LogP contribution in [0.2, 0.25) is 5.02 Å². The second kappa shape index (κ2) is 6.70. The number of aliphatic imine (C=N–C) groups is 1. The number of pyridine rings is 2. The number of amides is 1. The predicted molar refractivity (Wildman–Crippen MR) is 111 cm³/mol. The van der Waals surface area contributed by atoms with Crippen LogP contribution in [0.1, 0.15) is 27.3 Å². The lowest BCUT2D eigenvalue weighted by molar-refractivity contribution is 0.102. The number of hydrogen-bond acceptors (Lipinski definition) is 7. The number of carbonyl (C=O) groups excluding carboxylic acids is 1. The minimum atomic E-state index is -0.875. The number of rotatable bonds is 2. The summed E-state index contributed by atoms with van der Waals surface area (Å²) >= 11 is 5.84. The van der Waals surface area contributed by atoms with E-state index in [0.717, 1.165) is 16.8 Å². The summed E-state index contributed by atoms with van der Waals surface area (Å²) in [5.41, 5.74) is 8.19. The summed E-state index contributed by atoms with van der Waals surface area (Å²) in [6.45, 7) is 2.12. The molecule has 1 spiro atoms. The van der Waals surface area contributed by atoms with Crippen molar-refractivity contribution in [1.82, 2.24) is 9.97 Å².